The summed E-state index contributed by atoms with van der Waals surface area (Å²) < 4.78 is 1.59. The van der Waals surface area contributed by atoms with Crippen molar-refractivity contribution in [2.24, 2.45) is 12.5 Å². The quantitative estimate of drug-likeness (QED) is 0.785. The van der Waals surface area contributed by atoms with Crippen molar-refractivity contribution in [2.75, 3.05) is 26.2 Å². The zero-order valence-electron chi connectivity index (χ0n) is 13.0. The molecule has 2 saturated heterocycles. The van der Waals surface area contributed by atoms with Gasteiger partial charge in [0.05, 0.1) is 5.41 Å². The SMILES string of the molecule is C=CCN1CC[C@]2(CCCN(C(=O)c3ccnn3C)C2)C1=O. The monoisotopic (exact) mass is 302 g/mol. The molecule has 1 spiro atoms. The molecule has 0 aliphatic carbocycles. The van der Waals surface area contributed by atoms with Crippen LogP contribution < -0.4 is 0 Å². The highest BCUT2D eigenvalue weighted by Crippen LogP contribution is 2.40. The average Bonchev–Trinajstić information content (AvgIpc) is 3.07. The Morgan fingerprint density at radius 3 is 2.95 bits per heavy atom. The zero-order chi connectivity index (χ0) is 15.7. The number of aryl methyl sites for hydroxylation is 1. The number of carbonyl (C=O) groups excluding carboxylic acids is 2. The van der Waals surface area contributed by atoms with Gasteiger partial charge >= 0.3 is 0 Å². The molecule has 6 heteroatoms. The van der Waals surface area contributed by atoms with E-state index in [9.17, 15) is 9.59 Å². The first-order valence-electron chi connectivity index (χ1n) is 7.75. The third-order valence-corrected chi connectivity index (χ3v) is 4.85. The Hall–Kier alpha value is -2.11. The fourth-order valence-corrected chi connectivity index (χ4v) is 3.65. The van der Waals surface area contributed by atoms with Gasteiger partial charge in [-0.3, -0.25) is 14.3 Å². The highest BCUT2D eigenvalue weighted by Gasteiger charge is 2.49. The van der Waals surface area contributed by atoms with Crippen molar-refractivity contribution in [3.05, 3.63) is 30.6 Å². The zero-order valence-corrected chi connectivity index (χ0v) is 13.0. The van der Waals surface area contributed by atoms with Crippen LogP contribution in [0.2, 0.25) is 0 Å². The summed E-state index contributed by atoms with van der Waals surface area (Å²) in [4.78, 5) is 29.0. The lowest BCUT2D eigenvalue weighted by Crippen LogP contribution is -2.50. The number of likely N-dealkylation sites (tertiary alicyclic amines) is 2. The van der Waals surface area contributed by atoms with Gasteiger partial charge in [-0.25, -0.2) is 0 Å². The van der Waals surface area contributed by atoms with Crippen LogP contribution in [0, 0.1) is 5.41 Å². The van der Waals surface area contributed by atoms with E-state index in [1.807, 2.05) is 9.80 Å². The molecule has 1 atom stereocenters. The minimum Gasteiger partial charge on any atom is -0.338 e. The molecule has 118 valence electrons. The molecule has 1 aromatic rings. The van der Waals surface area contributed by atoms with Gasteiger partial charge in [0.15, 0.2) is 0 Å². The van der Waals surface area contributed by atoms with E-state index in [4.69, 9.17) is 0 Å². The fourth-order valence-electron chi connectivity index (χ4n) is 3.65. The van der Waals surface area contributed by atoms with Crippen molar-refractivity contribution < 1.29 is 9.59 Å². The Labute approximate surface area is 130 Å². The second-order valence-corrected chi connectivity index (χ2v) is 6.24. The maximum atomic E-state index is 12.7. The number of carbonyl (C=O) groups is 2. The Morgan fingerprint density at radius 2 is 2.27 bits per heavy atom. The molecule has 6 nitrogen and oxygen atoms in total. The number of rotatable bonds is 3. The minimum absolute atomic E-state index is 0.0333. The summed E-state index contributed by atoms with van der Waals surface area (Å²) in [6.07, 6.45) is 5.96. The molecule has 0 bridgehead atoms. The smallest absolute Gasteiger partial charge is 0.272 e. The third kappa shape index (κ3) is 2.32. The number of hydrogen-bond donors (Lipinski definition) is 0. The minimum atomic E-state index is -0.393. The van der Waals surface area contributed by atoms with Gasteiger partial charge in [-0.1, -0.05) is 6.08 Å². The van der Waals surface area contributed by atoms with Gasteiger partial charge in [-0.2, -0.15) is 5.10 Å². The van der Waals surface area contributed by atoms with Crippen molar-refractivity contribution >= 4 is 11.8 Å². The summed E-state index contributed by atoms with van der Waals surface area (Å²) in [7, 11) is 1.76. The normalized spacial score (nSPS) is 25.0. The number of nitrogens with zero attached hydrogens (tertiary/aromatic N) is 4. The molecule has 1 aromatic heterocycles. The predicted octanol–water partition coefficient (Wildman–Crippen LogP) is 1.06. The molecule has 0 unspecified atom stereocenters. The van der Waals surface area contributed by atoms with Crippen LogP contribution in [-0.4, -0.2) is 57.6 Å². The summed E-state index contributed by atoms with van der Waals surface area (Å²) >= 11 is 0. The van der Waals surface area contributed by atoms with Gasteiger partial charge in [0.1, 0.15) is 5.69 Å². The summed E-state index contributed by atoms with van der Waals surface area (Å²) in [6.45, 7) is 6.29. The van der Waals surface area contributed by atoms with Gasteiger partial charge < -0.3 is 9.80 Å². The Morgan fingerprint density at radius 1 is 1.45 bits per heavy atom. The van der Waals surface area contributed by atoms with Crippen molar-refractivity contribution in [3.8, 4) is 0 Å². The second kappa shape index (κ2) is 5.59. The van der Waals surface area contributed by atoms with Crippen LogP contribution in [0.15, 0.2) is 24.9 Å². The molecular weight excluding hydrogens is 280 g/mol. The molecule has 2 fully saturated rings. The lowest BCUT2D eigenvalue weighted by molar-refractivity contribution is -0.137. The molecular formula is C16H22N4O2. The van der Waals surface area contributed by atoms with Crippen LogP contribution in [0.5, 0.6) is 0 Å². The molecule has 22 heavy (non-hydrogen) atoms. The molecule has 0 aromatic carbocycles. The molecule has 3 rings (SSSR count). The van der Waals surface area contributed by atoms with E-state index < -0.39 is 5.41 Å². The van der Waals surface area contributed by atoms with Gasteiger partial charge in [-0.15, -0.1) is 6.58 Å². The summed E-state index contributed by atoms with van der Waals surface area (Å²) in [6, 6.07) is 1.73. The van der Waals surface area contributed by atoms with Gasteiger partial charge in [0.2, 0.25) is 5.91 Å². The van der Waals surface area contributed by atoms with Crippen molar-refractivity contribution in [1.29, 1.82) is 0 Å². The van der Waals surface area contributed by atoms with E-state index >= 15 is 0 Å². The van der Waals surface area contributed by atoms with E-state index in [1.165, 1.54) is 0 Å². The summed E-state index contributed by atoms with van der Waals surface area (Å²) in [5.41, 5.74) is 0.181. The number of aromatic nitrogens is 2. The first kappa shape index (κ1) is 14.8. The van der Waals surface area contributed by atoms with Crippen LogP contribution in [-0.2, 0) is 11.8 Å². The Bertz CT molecular complexity index is 609. The lowest BCUT2D eigenvalue weighted by atomic mass is 9.78. The molecule has 0 radical (unpaired) electrons. The Kier molecular flexibility index (Phi) is 3.76. The van der Waals surface area contributed by atoms with Crippen LogP contribution >= 0.6 is 0 Å². The number of hydrogen-bond acceptors (Lipinski definition) is 3. The largest absolute Gasteiger partial charge is 0.338 e. The standard InChI is InChI=1S/C16H22N4O2/c1-3-9-19-11-7-16(15(19)22)6-4-10-20(12-16)14(21)13-5-8-17-18(13)2/h3,5,8H,1,4,6-7,9-12H2,2H3/t16-/m0/s1. The van der Waals surface area contributed by atoms with Crippen LogP contribution in [0.3, 0.4) is 0 Å². The van der Waals surface area contributed by atoms with E-state index in [0.717, 1.165) is 25.8 Å². The maximum absolute atomic E-state index is 12.7. The molecule has 0 N–H and O–H groups in total. The predicted molar refractivity (Wildman–Crippen MR) is 82.2 cm³/mol. The third-order valence-electron chi connectivity index (χ3n) is 4.85. The van der Waals surface area contributed by atoms with E-state index in [2.05, 4.69) is 11.7 Å². The van der Waals surface area contributed by atoms with Crippen molar-refractivity contribution in [2.45, 2.75) is 19.3 Å². The van der Waals surface area contributed by atoms with Crippen molar-refractivity contribution in [1.82, 2.24) is 19.6 Å². The molecule has 3 heterocycles. The van der Waals surface area contributed by atoms with E-state index in [1.54, 1.807) is 30.1 Å². The van der Waals surface area contributed by atoms with Crippen LogP contribution in [0.4, 0.5) is 0 Å². The van der Waals surface area contributed by atoms with Gasteiger partial charge in [0, 0.05) is 39.4 Å². The highest BCUT2D eigenvalue weighted by atomic mass is 16.2. The maximum Gasteiger partial charge on any atom is 0.272 e. The first-order valence-corrected chi connectivity index (χ1v) is 7.75. The fraction of sp³-hybridized carbons (Fsp3) is 0.562. The summed E-state index contributed by atoms with van der Waals surface area (Å²) in [5.74, 6) is 0.143. The average molecular weight is 302 g/mol. The van der Waals surface area contributed by atoms with Gasteiger partial charge in [-0.05, 0) is 25.3 Å². The number of piperidine rings is 1. The first-order chi connectivity index (χ1) is 10.6. The van der Waals surface area contributed by atoms with E-state index in [-0.39, 0.29) is 11.8 Å². The highest BCUT2D eigenvalue weighted by molar-refractivity contribution is 5.93. The Balaban J connectivity index is 1.77. The van der Waals surface area contributed by atoms with Crippen LogP contribution in [0.25, 0.3) is 0 Å². The van der Waals surface area contributed by atoms with Crippen molar-refractivity contribution in [3.63, 3.8) is 0 Å². The van der Waals surface area contributed by atoms with E-state index in [0.29, 0.717) is 25.3 Å². The number of amides is 2. The molecule has 2 amide bonds. The summed E-state index contributed by atoms with van der Waals surface area (Å²) in [5, 5.41) is 4.06. The molecule has 2 aliphatic rings. The topological polar surface area (TPSA) is 58.4 Å². The molecule has 2 aliphatic heterocycles. The van der Waals surface area contributed by atoms with Crippen LogP contribution in [0.1, 0.15) is 29.8 Å². The molecule has 0 saturated carbocycles. The van der Waals surface area contributed by atoms with Gasteiger partial charge in [0.25, 0.3) is 5.91 Å². The lowest BCUT2D eigenvalue weighted by Gasteiger charge is -2.39. The second-order valence-electron chi connectivity index (χ2n) is 6.24.